The van der Waals surface area contributed by atoms with Gasteiger partial charge in [-0.1, -0.05) is 66.7 Å². The molecule has 0 aliphatic carbocycles. The number of anilines is 1. The van der Waals surface area contributed by atoms with Crippen LogP contribution in [0.3, 0.4) is 0 Å². The number of carbonyl (C=O) groups excluding carboxylic acids is 1. The van der Waals surface area contributed by atoms with E-state index in [-0.39, 0.29) is 5.91 Å². The number of methoxy groups -OCH3 is 1. The Hall–Kier alpha value is -3.07. The summed E-state index contributed by atoms with van der Waals surface area (Å²) in [5.41, 5.74) is 2.66. The second-order valence-corrected chi connectivity index (χ2v) is 5.82. The second-order valence-electron chi connectivity index (χ2n) is 5.82. The van der Waals surface area contributed by atoms with E-state index in [9.17, 15) is 4.79 Å². The maximum Gasteiger partial charge on any atom is 0.244 e. The Labute approximate surface area is 140 Å². The highest BCUT2D eigenvalue weighted by Gasteiger charge is 2.50. The van der Waals surface area contributed by atoms with Gasteiger partial charge < -0.3 is 10.1 Å². The molecule has 118 valence electrons. The van der Waals surface area contributed by atoms with E-state index in [1.165, 1.54) is 0 Å². The summed E-state index contributed by atoms with van der Waals surface area (Å²) in [6.45, 7) is 0. The molecule has 3 aromatic rings. The van der Waals surface area contributed by atoms with Crippen LogP contribution < -0.4 is 10.1 Å². The number of fused-ring (bicyclic) bond motifs is 1. The number of amides is 1. The molecule has 1 unspecified atom stereocenters. The van der Waals surface area contributed by atoms with Crippen LogP contribution in [-0.2, 0) is 10.2 Å². The minimum atomic E-state index is -0.912. The lowest BCUT2D eigenvalue weighted by Crippen LogP contribution is -2.37. The maximum atomic E-state index is 13.3. The summed E-state index contributed by atoms with van der Waals surface area (Å²) in [4.78, 5) is 13.3. The monoisotopic (exact) mass is 315 g/mol. The zero-order chi connectivity index (χ0) is 16.6. The van der Waals surface area contributed by atoms with Crippen LogP contribution in [0, 0.1) is 0 Å². The first-order valence-electron chi connectivity index (χ1n) is 7.88. The van der Waals surface area contributed by atoms with Crippen molar-refractivity contribution in [2.45, 2.75) is 5.41 Å². The van der Waals surface area contributed by atoms with Crippen LogP contribution in [0.15, 0.2) is 78.9 Å². The van der Waals surface area contributed by atoms with Crippen molar-refractivity contribution in [3.8, 4) is 5.75 Å². The van der Waals surface area contributed by atoms with Crippen LogP contribution in [0.4, 0.5) is 5.69 Å². The quantitative estimate of drug-likeness (QED) is 0.794. The number of benzene rings is 3. The van der Waals surface area contributed by atoms with Gasteiger partial charge in [0.15, 0.2) is 0 Å². The zero-order valence-electron chi connectivity index (χ0n) is 13.3. The molecule has 3 nitrogen and oxygen atoms in total. The number of rotatable bonds is 3. The molecule has 4 rings (SSSR count). The van der Waals surface area contributed by atoms with E-state index in [1.54, 1.807) is 7.11 Å². The molecule has 3 heteroatoms. The van der Waals surface area contributed by atoms with Crippen LogP contribution >= 0.6 is 0 Å². The van der Waals surface area contributed by atoms with Gasteiger partial charge in [0.25, 0.3) is 0 Å². The predicted octanol–water partition coefficient (Wildman–Crippen LogP) is 3.98. The van der Waals surface area contributed by atoms with E-state index in [0.717, 1.165) is 22.4 Å². The SMILES string of the molecule is COc1ccccc1C1(c2ccccc2)C(=O)Nc2ccccc21. The smallest absolute Gasteiger partial charge is 0.244 e. The zero-order valence-corrected chi connectivity index (χ0v) is 13.3. The molecular formula is C21H17NO2. The van der Waals surface area contributed by atoms with E-state index in [4.69, 9.17) is 4.74 Å². The van der Waals surface area contributed by atoms with Gasteiger partial charge in [0.2, 0.25) is 5.91 Å². The van der Waals surface area contributed by atoms with Gasteiger partial charge in [-0.2, -0.15) is 0 Å². The van der Waals surface area contributed by atoms with Gasteiger partial charge in [-0.05, 0) is 17.7 Å². The Morgan fingerprint density at radius 2 is 1.42 bits per heavy atom. The minimum absolute atomic E-state index is 0.0561. The van der Waals surface area contributed by atoms with Crippen LogP contribution in [0.25, 0.3) is 0 Å². The van der Waals surface area contributed by atoms with Crippen molar-refractivity contribution in [1.82, 2.24) is 0 Å². The van der Waals surface area contributed by atoms with E-state index in [0.29, 0.717) is 5.75 Å². The van der Waals surface area contributed by atoms with Crippen molar-refractivity contribution in [3.63, 3.8) is 0 Å². The fourth-order valence-corrected chi connectivity index (χ4v) is 3.61. The van der Waals surface area contributed by atoms with Crippen LogP contribution in [-0.4, -0.2) is 13.0 Å². The lowest BCUT2D eigenvalue weighted by Gasteiger charge is -2.30. The van der Waals surface area contributed by atoms with Gasteiger partial charge >= 0.3 is 0 Å². The minimum Gasteiger partial charge on any atom is -0.496 e. The molecule has 0 spiro atoms. The number of hydrogen-bond donors (Lipinski definition) is 1. The molecule has 1 atom stereocenters. The number of carbonyl (C=O) groups is 1. The molecule has 3 aromatic carbocycles. The average Bonchev–Trinajstić information content (AvgIpc) is 2.95. The molecule has 0 bridgehead atoms. The number of ether oxygens (including phenoxy) is 1. The molecule has 0 radical (unpaired) electrons. The first-order chi connectivity index (χ1) is 11.8. The van der Waals surface area contributed by atoms with Crippen molar-refractivity contribution in [2.24, 2.45) is 0 Å². The fourth-order valence-electron chi connectivity index (χ4n) is 3.61. The Balaban J connectivity index is 2.12. The molecule has 24 heavy (non-hydrogen) atoms. The molecule has 0 aromatic heterocycles. The van der Waals surface area contributed by atoms with Gasteiger partial charge in [-0.3, -0.25) is 4.79 Å². The second kappa shape index (κ2) is 5.53. The van der Waals surface area contributed by atoms with Crippen molar-refractivity contribution >= 4 is 11.6 Å². The summed E-state index contributed by atoms with van der Waals surface area (Å²) in [5, 5.41) is 3.04. The van der Waals surface area contributed by atoms with Crippen molar-refractivity contribution in [3.05, 3.63) is 95.6 Å². The Kier molecular flexibility index (Phi) is 3.35. The lowest BCUT2D eigenvalue weighted by molar-refractivity contribution is -0.118. The van der Waals surface area contributed by atoms with Gasteiger partial charge in [0, 0.05) is 16.8 Å². The molecular weight excluding hydrogens is 298 g/mol. The molecule has 0 fully saturated rings. The van der Waals surface area contributed by atoms with E-state index in [2.05, 4.69) is 5.32 Å². The van der Waals surface area contributed by atoms with Crippen molar-refractivity contribution < 1.29 is 9.53 Å². The third kappa shape index (κ3) is 1.88. The molecule has 1 aliphatic heterocycles. The summed E-state index contributed by atoms with van der Waals surface area (Å²) >= 11 is 0. The Morgan fingerprint density at radius 1 is 0.792 bits per heavy atom. The fraction of sp³-hybridized carbons (Fsp3) is 0.0952. The maximum absolute atomic E-state index is 13.3. The molecule has 1 heterocycles. The molecule has 0 saturated carbocycles. The van der Waals surface area contributed by atoms with Gasteiger partial charge in [0.1, 0.15) is 11.2 Å². The molecule has 1 aliphatic rings. The van der Waals surface area contributed by atoms with Gasteiger partial charge in [0.05, 0.1) is 7.11 Å². The van der Waals surface area contributed by atoms with E-state index >= 15 is 0 Å². The van der Waals surface area contributed by atoms with Crippen LogP contribution in [0.1, 0.15) is 16.7 Å². The first kappa shape index (κ1) is 14.5. The highest BCUT2D eigenvalue weighted by atomic mass is 16.5. The van der Waals surface area contributed by atoms with Crippen molar-refractivity contribution in [1.29, 1.82) is 0 Å². The van der Waals surface area contributed by atoms with Gasteiger partial charge in [-0.25, -0.2) is 0 Å². The van der Waals surface area contributed by atoms with Crippen LogP contribution in [0.2, 0.25) is 0 Å². The Bertz CT molecular complexity index is 904. The topological polar surface area (TPSA) is 38.3 Å². The summed E-state index contributed by atoms with van der Waals surface area (Å²) in [6, 6.07) is 25.4. The van der Waals surface area contributed by atoms with Crippen LogP contribution in [0.5, 0.6) is 5.75 Å². The molecule has 1 N–H and O–H groups in total. The summed E-state index contributed by atoms with van der Waals surface area (Å²) < 4.78 is 5.59. The Morgan fingerprint density at radius 3 is 2.17 bits per heavy atom. The highest BCUT2D eigenvalue weighted by molar-refractivity contribution is 6.11. The van der Waals surface area contributed by atoms with Crippen molar-refractivity contribution in [2.75, 3.05) is 12.4 Å². The number of para-hydroxylation sites is 2. The van der Waals surface area contributed by atoms with Gasteiger partial charge in [-0.15, -0.1) is 0 Å². The summed E-state index contributed by atoms with van der Waals surface area (Å²) in [5.74, 6) is 0.646. The summed E-state index contributed by atoms with van der Waals surface area (Å²) in [7, 11) is 1.64. The standard InChI is InChI=1S/C21H17NO2/c1-24-19-14-8-6-12-17(19)21(15-9-3-2-4-10-15)16-11-5-7-13-18(16)22-20(21)23/h2-14H,1H3,(H,22,23). The van der Waals surface area contributed by atoms with E-state index in [1.807, 2.05) is 78.9 Å². The number of hydrogen-bond acceptors (Lipinski definition) is 2. The molecule has 0 saturated heterocycles. The average molecular weight is 315 g/mol. The lowest BCUT2D eigenvalue weighted by atomic mass is 9.70. The predicted molar refractivity (Wildman–Crippen MR) is 94.4 cm³/mol. The highest BCUT2D eigenvalue weighted by Crippen LogP contribution is 2.49. The number of nitrogens with one attached hydrogen (secondary N) is 1. The largest absolute Gasteiger partial charge is 0.496 e. The first-order valence-corrected chi connectivity index (χ1v) is 7.88. The van der Waals surface area contributed by atoms with E-state index < -0.39 is 5.41 Å². The third-order valence-corrected chi connectivity index (χ3v) is 4.64. The normalized spacial score (nSPS) is 18.8. The molecule has 1 amide bonds. The third-order valence-electron chi connectivity index (χ3n) is 4.64. The summed E-state index contributed by atoms with van der Waals surface area (Å²) in [6.07, 6.45) is 0.